The Morgan fingerprint density at radius 2 is 1.39 bits per heavy atom. The number of benzene rings is 3. The summed E-state index contributed by atoms with van der Waals surface area (Å²) in [5.41, 5.74) is 1.96. The standard InChI is InChI=1S/C27H23F3N4O3S/c28-22-4-1-20(2-5-22)17-34(18-21-3-10-25(29)26(30)15-21)38(36,37)24-8-6-23(7-9-24)33-27(35)32-16-19-11-13-31-14-12-19/h1-15H,16-18H2,(H2,32,33,35). The van der Waals surface area contributed by atoms with Crippen molar-refractivity contribution >= 4 is 21.7 Å². The van der Waals surface area contributed by atoms with Crippen LogP contribution in [-0.2, 0) is 29.7 Å². The van der Waals surface area contributed by atoms with Gasteiger partial charge in [-0.25, -0.2) is 26.4 Å². The van der Waals surface area contributed by atoms with Gasteiger partial charge < -0.3 is 10.6 Å². The lowest BCUT2D eigenvalue weighted by Crippen LogP contribution is -2.30. The van der Waals surface area contributed by atoms with Crippen molar-refractivity contribution in [1.82, 2.24) is 14.6 Å². The molecule has 0 aliphatic carbocycles. The van der Waals surface area contributed by atoms with Crippen LogP contribution in [0.3, 0.4) is 0 Å². The van der Waals surface area contributed by atoms with Gasteiger partial charge in [-0.3, -0.25) is 4.98 Å². The molecule has 4 rings (SSSR count). The first-order valence-electron chi connectivity index (χ1n) is 11.4. The summed E-state index contributed by atoms with van der Waals surface area (Å²) in [5, 5.41) is 5.32. The lowest BCUT2D eigenvalue weighted by atomic mass is 10.2. The van der Waals surface area contributed by atoms with E-state index in [-0.39, 0.29) is 30.1 Å². The van der Waals surface area contributed by atoms with Gasteiger partial charge in [0.25, 0.3) is 0 Å². The van der Waals surface area contributed by atoms with Gasteiger partial charge in [0.1, 0.15) is 5.82 Å². The average molecular weight is 541 g/mol. The quantitative estimate of drug-likeness (QED) is 0.305. The van der Waals surface area contributed by atoms with E-state index in [4.69, 9.17) is 0 Å². The second-order valence-electron chi connectivity index (χ2n) is 8.34. The second kappa shape index (κ2) is 11.9. The highest BCUT2D eigenvalue weighted by molar-refractivity contribution is 7.89. The predicted molar refractivity (Wildman–Crippen MR) is 136 cm³/mol. The number of anilines is 1. The highest BCUT2D eigenvalue weighted by Crippen LogP contribution is 2.23. The SMILES string of the molecule is O=C(NCc1ccncc1)Nc1ccc(S(=O)(=O)N(Cc2ccc(F)cc2)Cc2ccc(F)c(F)c2)cc1. The smallest absolute Gasteiger partial charge is 0.319 e. The third-order valence-electron chi connectivity index (χ3n) is 5.57. The maximum Gasteiger partial charge on any atom is 0.319 e. The van der Waals surface area contributed by atoms with Gasteiger partial charge in [0.05, 0.1) is 4.90 Å². The van der Waals surface area contributed by atoms with Crippen LogP contribution in [-0.4, -0.2) is 23.7 Å². The number of hydrogen-bond donors (Lipinski definition) is 2. The Kier molecular flexibility index (Phi) is 8.39. The molecule has 3 aromatic carbocycles. The van der Waals surface area contributed by atoms with Crippen LogP contribution in [0, 0.1) is 17.5 Å². The van der Waals surface area contributed by atoms with Crippen molar-refractivity contribution in [2.75, 3.05) is 5.32 Å². The van der Waals surface area contributed by atoms with E-state index >= 15 is 0 Å². The minimum absolute atomic E-state index is 0.0788. The number of halogens is 3. The molecule has 2 amide bonds. The Morgan fingerprint density at radius 3 is 2.05 bits per heavy atom. The number of aromatic nitrogens is 1. The van der Waals surface area contributed by atoms with Gasteiger partial charge in [-0.15, -0.1) is 0 Å². The number of urea groups is 1. The Balaban J connectivity index is 1.51. The summed E-state index contributed by atoms with van der Waals surface area (Å²) < 4.78 is 68.7. The maximum atomic E-state index is 13.8. The van der Waals surface area contributed by atoms with Crippen molar-refractivity contribution in [3.63, 3.8) is 0 Å². The molecule has 38 heavy (non-hydrogen) atoms. The molecule has 0 radical (unpaired) electrons. The van der Waals surface area contributed by atoms with Gasteiger partial charge in [-0.05, 0) is 77.4 Å². The predicted octanol–water partition coefficient (Wildman–Crippen LogP) is 5.21. The second-order valence-corrected chi connectivity index (χ2v) is 10.3. The van der Waals surface area contributed by atoms with Gasteiger partial charge in [-0.1, -0.05) is 18.2 Å². The van der Waals surface area contributed by atoms with Crippen molar-refractivity contribution in [3.05, 3.63) is 125 Å². The normalized spacial score (nSPS) is 11.4. The molecule has 0 aliphatic heterocycles. The number of rotatable bonds is 9. The number of carbonyl (C=O) groups excluding carboxylic acids is 1. The molecule has 196 valence electrons. The molecule has 1 heterocycles. The molecule has 2 N–H and O–H groups in total. The molecule has 0 aliphatic rings. The fourth-order valence-electron chi connectivity index (χ4n) is 3.58. The molecule has 7 nitrogen and oxygen atoms in total. The van der Waals surface area contributed by atoms with Crippen LogP contribution in [0.15, 0.2) is 96.2 Å². The number of carbonyl (C=O) groups is 1. The van der Waals surface area contributed by atoms with E-state index in [1.54, 1.807) is 24.5 Å². The maximum absolute atomic E-state index is 13.8. The van der Waals surface area contributed by atoms with Crippen LogP contribution < -0.4 is 10.6 Å². The minimum Gasteiger partial charge on any atom is -0.334 e. The number of pyridine rings is 1. The molecule has 0 atom stereocenters. The van der Waals surface area contributed by atoms with Crippen LogP contribution in [0.4, 0.5) is 23.7 Å². The number of nitrogens with zero attached hydrogens (tertiary/aromatic N) is 2. The average Bonchev–Trinajstić information content (AvgIpc) is 2.91. The van der Waals surface area contributed by atoms with Crippen LogP contribution >= 0.6 is 0 Å². The van der Waals surface area contributed by atoms with Crippen molar-refractivity contribution in [3.8, 4) is 0 Å². The van der Waals surface area contributed by atoms with Gasteiger partial charge in [-0.2, -0.15) is 4.31 Å². The molecule has 4 aromatic rings. The topological polar surface area (TPSA) is 91.4 Å². The van der Waals surface area contributed by atoms with E-state index in [0.29, 0.717) is 11.3 Å². The van der Waals surface area contributed by atoms with Crippen LogP contribution in [0.5, 0.6) is 0 Å². The zero-order chi connectivity index (χ0) is 27.1. The van der Waals surface area contributed by atoms with Crippen LogP contribution in [0.1, 0.15) is 16.7 Å². The summed E-state index contributed by atoms with van der Waals surface area (Å²) in [5.74, 6) is -2.62. The van der Waals surface area contributed by atoms with Crippen molar-refractivity contribution in [2.45, 2.75) is 24.5 Å². The third kappa shape index (κ3) is 6.96. The van der Waals surface area contributed by atoms with Crippen molar-refractivity contribution < 1.29 is 26.4 Å². The van der Waals surface area contributed by atoms with Crippen LogP contribution in [0.2, 0.25) is 0 Å². The highest BCUT2D eigenvalue weighted by Gasteiger charge is 2.25. The number of hydrogen-bond acceptors (Lipinski definition) is 4. The van der Waals surface area contributed by atoms with Gasteiger partial charge in [0.15, 0.2) is 11.6 Å². The van der Waals surface area contributed by atoms with E-state index in [0.717, 1.165) is 22.0 Å². The molecule has 11 heteroatoms. The van der Waals surface area contributed by atoms with Gasteiger partial charge >= 0.3 is 6.03 Å². The zero-order valence-electron chi connectivity index (χ0n) is 19.9. The van der Waals surface area contributed by atoms with E-state index in [1.807, 2.05) is 0 Å². The van der Waals surface area contributed by atoms with E-state index in [9.17, 15) is 26.4 Å². The monoisotopic (exact) mass is 540 g/mol. The Hall–Kier alpha value is -4.22. The van der Waals surface area contributed by atoms with Crippen molar-refractivity contribution in [1.29, 1.82) is 0 Å². The number of sulfonamides is 1. The third-order valence-corrected chi connectivity index (χ3v) is 7.37. The molecule has 1 aromatic heterocycles. The summed E-state index contributed by atoms with van der Waals surface area (Å²) in [6, 6.07) is 17.0. The lowest BCUT2D eigenvalue weighted by molar-refractivity contribution is 0.251. The summed E-state index contributed by atoms with van der Waals surface area (Å²) in [6.45, 7) is -0.115. The molecule has 0 spiro atoms. The Labute approximate surface area is 218 Å². The molecular weight excluding hydrogens is 517 g/mol. The first-order valence-corrected chi connectivity index (χ1v) is 12.9. The molecule has 0 saturated heterocycles. The summed E-state index contributed by atoms with van der Waals surface area (Å²) >= 11 is 0. The zero-order valence-corrected chi connectivity index (χ0v) is 20.8. The Morgan fingerprint density at radius 1 is 0.763 bits per heavy atom. The first-order chi connectivity index (χ1) is 18.2. The number of nitrogens with one attached hydrogen (secondary N) is 2. The van der Waals surface area contributed by atoms with E-state index < -0.39 is 33.5 Å². The summed E-state index contributed by atoms with van der Waals surface area (Å²) in [6.07, 6.45) is 3.22. The summed E-state index contributed by atoms with van der Waals surface area (Å²) in [7, 11) is -4.13. The minimum atomic E-state index is -4.13. The van der Waals surface area contributed by atoms with E-state index in [2.05, 4.69) is 15.6 Å². The lowest BCUT2D eigenvalue weighted by Gasteiger charge is -2.23. The summed E-state index contributed by atoms with van der Waals surface area (Å²) in [4.78, 5) is 16.0. The molecule has 0 bridgehead atoms. The largest absolute Gasteiger partial charge is 0.334 e. The highest BCUT2D eigenvalue weighted by atomic mass is 32.2. The first kappa shape index (κ1) is 26.8. The fraction of sp³-hybridized carbons (Fsp3) is 0.111. The molecule has 0 saturated carbocycles. The van der Waals surface area contributed by atoms with Gasteiger partial charge in [0, 0.05) is 37.7 Å². The molecule has 0 fully saturated rings. The fourth-order valence-corrected chi connectivity index (χ4v) is 4.99. The number of amides is 2. The van der Waals surface area contributed by atoms with E-state index in [1.165, 1.54) is 54.6 Å². The molecular formula is C27H23F3N4O3S. The van der Waals surface area contributed by atoms with Gasteiger partial charge in [0.2, 0.25) is 10.0 Å². The Bertz CT molecular complexity index is 1500. The molecule has 0 unspecified atom stereocenters. The van der Waals surface area contributed by atoms with Crippen molar-refractivity contribution in [2.24, 2.45) is 0 Å². The van der Waals surface area contributed by atoms with Crippen LogP contribution in [0.25, 0.3) is 0 Å².